The van der Waals surface area contributed by atoms with E-state index in [0.717, 1.165) is 61.9 Å². The molecule has 3 heterocycles. The first-order chi connectivity index (χ1) is 11.2. The van der Waals surface area contributed by atoms with Crippen LogP contribution in [0.15, 0.2) is 6.33 Å². The average Bonchev–Trinajstić information content (AvgIpc) is 2.82. The molecule has 1 aliphatic rings. The molecule has 0 aliphatic carbocycles. The van der Waals surface area contributed by atoms with Crippen LogP contribution in [0.4, 0.5) is 5.82 Å². The zero-order chi connectivity index (χ0) is 16.2. The number of anilines is 1. The van der Waals surface area contributed by atoms with Crippen molar-refractivity contribution in [1.29, 1.82) is 0 Å². The molecule has 3 N–H and O–H groups in total. The lowest BCUT2D eigenvalue weighted by molar-refractivity contribution is -0.906. The molecule has 7 heteroatoms. The van der Waals surface area contributed by atoms with E-state index in [1.807, 2.05) is 0 Å². The first-order valence-corrected chi connectivity index (χ1v) is 8.28. The van der Waals surface area contributed by atoms with E-state index in [9.17, 15) is 5.11 Å². The largest absolute Gasteiger partial charge is 0.395 e. The number of aliphatic hydroxyl groups excluding tert-OH is 1. The SMILES string of the molecule is Cc1c(C)n(CCO)c2ncnc(NCC[NH+]3CCOCC3)c12. The number of hydrogen-bond acceptors (Lipinski definition) is 5. The summed E-state index contributed by atoms with van der Waals surface area (Å²) in [6.07, 6.45) is 1.60. The number of hydrogen-bond donors (Lipinski definition) is 3. The zero-order valence-corrected chi connectivity index (χ0v) is 13.9. The second-order valence-electron chi connectivity index (χ2n) is 6.05. The number of ether oxygens (including phenoxy) is 1. The van der Waals surface area contributed by atoms with Gasteiger partial charge in [0.05, 0.1) is 38.3 Å². The summed E-state index contributed by atoms with van der Waals surface area (Å²) in [5.74, 6) is 0.889. The van der Waals surface area contributed by atoms with Crippen molar-refractivity contribution in [3.05, 3.63) is 17.6 Å². The molecule has 0 spiro atoms. The molecule has 0 amide bonds. The highest BCUT2D eigenvalue weighted by Crippen LogP contribution is 2.28. The average molecular weight is 320 g/mol. The van der Waals surface area contributed by atoms with Crippen molar-refractivity contribution in [2.75, 3.05) is 51.3 Å². The van der Waals surface area contributed by atoms with Gasteiger partial charge in [0.25, 0.3) is 0 Å². The van der Waals surface area contributed by atoms with Gasteiger partial charge in [-0.05, 0) is 19.4 Å². The third-order valence-electron chi connectivity index (χ3n) is 4.70. The molecule has 1 saturated heterocycles. The van der Waals surface area contributed by atoms with Crippen molar-refractivity contribution in [3.63, 3.8) is 0 Å². The monoisotopic (exact) mass is 320 g/mol. The van der Waals surface area contributed by atoms with Crippen LogP contribution in [0.5, 0.6) is 0 Å². The highest BCUT2D eigenvalue weighted by Gasteiger charge is 2.17. The van der Waals surface area contributed by atoms with Crippen molar-refractivity contribution in [2.24, 2.45) is 0 Å². The third-order valence-corrected chi connectivity index (χ3v) is 4.70. The quantitative estimate of drug-likeness (QED) is 0.661. The number of nitrogens with zero attached hydrogens (tertiary/aromatic N) is 3. The summed E-state index contributed by atoms with van der Waals surface area (Å²) < 4.78 is 7.45. The first-order valence-electron chi connectivity index (χ1n) is 8.28. The number of aromatic nitrogens is 3. The summed E-state index contributed by atoms with van der Waals surface area (Å²) in [5, 5.41) is 13.8. The summed E-state index contributed by atoms with van der Waals surface area (Å²) in [6.45, 7) is 10.6. The Bertz CT molecular complexity index is 664. The highest BCUT2D eigenvalue weighted by molar-refractivity contribution is 5.91. The molecule has 0 unspecified atom stereocenters. The van der Waals surface area contributed by atoms with Gasteiger partial charge < -0.3 is 24.6 Å². The van der Waals surface area contributed by atoms with Crippen LogP contribution in [-0.4, -0.2) is 65.6 Å². The summed E-state index contributed by atoms with van der Waals surface area (Å²) >= 11 is 0. The number of quaternary nitrogens is 1. The molecule has 0 radical (unpaired) electrons. The van der Waals surface area contributed by atoms with E-state index in [4.69, 9.17) is 4.74 Å². The molecule has 0 atom stereocenters. The van der Waals surface area contributed by atoms with Crippen LogP contribution in [0.25, 0.3) is 11.0 Å². The standard InChI is InChI=1S/C16H25N5O2/c1-12-13(2)21(5-8-22)16-14(12)15(18-11-19-16)17-3-4-20-6-9-23-10-7-20/h11,22H,3-10H2,1-2H3,(H,17,18,19)/p+1. The van der Waals surface area contributed by atoms with Crippen molar-refractivity contribution < 1.29 is 14.7 Å². The van der Waals surface area contributed by atoms with Gasteiger partial charge in [0, 0.05) is 12.2 Å². The highest BCUT2D eigenvalue weighted by atomic mass is 16.5. The summed E-state index contributed by atoms with van der Waals surface area (Å²) in [5.41, 5.74) is 3.21. The number of fused-ring (bicyclic) bond motifs is 1. The van der Waals surface area contributed by atoms with Gasteiger partial charge in [0.2, 0.25) is 0 Å². The lowest BCUT2D eigenvalue weighted by Crippen LogP contribution is -3.14. The number of nitrogens with one attached hydrogen (secondary N) is 2. The Kier molecular flexibility index (Phi) is 5.09. The van der Waals surface area contributed by atoms with Gasteiger partial charge >= 0.3 is 0 Å². The molecule has 3 rings (SSSR count). The summed E-state index contributed by atoms with van der Waals surface area (Å²) in [4.78, 5) is 10.4. The van der Waals surface area contributed by atoms with Crippen LogP contribution in [0, 0.1) is 13.8 Å². The van der Waals surface area contributed by atoms with Crippen LogP contribution >= 0.6 is 0 Å². The number of aryl methyl sites for hydroxylation is 1. The molecule has 2 aromatic heterocycles. The molecule has 1 aliphatic heterocycles. The summed E-state index contributed by atoms with van der Waals surface area (Å²) in [7, 11) is 0. The number of rotatable bonds is 6. The molecular formula is C16H26N5O2+. The van der Waals surface area contributed by atoms with Crippen molar-refractivity contribution >= 4 is 16.9 Å². The third kappa shape index (κ3) is 3.31. The molecule has 0 bridgehead atoms. The smallest absolute Gasteiger partial charge is 0.146 e. The van der Waals surface area contributed by atoms with E-state index in [1.165, 1.54) is 5.56 Å². The van der Waals surface area contributed by atoms with Gasteiger partial charge in [-0.25, -0.2) is 9.97 Å². The van der Waals surface area contributed by atoms with Crippen molar-refractivity contribution in [3.8, 4) is 0 Å². The Balaban J connectivity index is 1.76. The van der Waals surface area contributed by atoms with Gasteiger partial charge in [-0.3, -0.25) is 0 Å². The van der Waals surface area contributed by atoms with E-state index >= 15 is 0 Å². The van der Waals surface area contributed by atoms with Crippen LogP contribution in [0.3, 0.4) is 0 Å². The fourth-order valence-corrected chi connectivity index (χ4v) is 3.24. The van der Waals surface area contributed by atoms with Crippen LogP contribution in [-0.2, 0) is 11.3 Å². The maximum atomic E-state index is 9.27. The van der Waals surface area contributed by atoms with E-state index in [-0.39, 0.29) is 6.61 Å². The lowest BCUT2D eigenvalue weighted by Gasteiger charge is -2.23. The topological polar surface area (TPSA) is 76.6 Å². The van der Waals surface area contributed by atoms with E-state index < -0.39 is 0 Å². The van der Waals surface area contributed by atoms with Crippen LogP contribution in [0.2, 0.25) is 0 Å². The minimum atomic E-state index is 0.108. The number of morpholine rings is 1. The van der Waals surface area contributed by atoms with E-state index in [0.29, 0.717) is 6.54 Å². The fraction of sp³-hybridized carbons (Fsp3) is 0.625. The molecule has 7 nitrogen and oxygen atoms in total. The van der Waals surface area contributed by atoms with Gasteiger partial charge in [-0.1, -0.05) is 0 Å². The normalized spacial score (nSPS) is 16.1. The second kappa shape index (κ2) is 7.25. The fourth-order valence-electron chi connectivity index (χ4n) is 3.24. The predicted octanol–water partition coefficient (Wildman–Crippen LogP) is -0.633. The van der Waals surface area contributed by atoms with E-state index in [1.54, 1.807) is 11.2 Å². The first kappa shape index (κ1) is 16.2. The Morgan fingerprint density at radius 1 is 1.30 bits per heavy atom. The molecule has 126 valence electrons. The zero-order valence-electron chi connectivity index (χ0n) is 13.9. The van der Waals surface area contributed by atoms with Gasteiger partial charge in [-0.2, -0.15) is 0 Å². The van der Waals surface area contributed by atoms with Gasteiger partial charge in [-0.15, -0.1) is 0 Å². The second-order valence-corrected chi connectivity index (χ2v) is 6.05. The minimum Gasteiger partial charge on any atom is -0.395 e. The van der Waals surface area contributed by atoms with E-state index in [2.05, 4.69) is 33.7 Å². The van der Waals surface area contributed by atoms with Crippen LogP contribution < -0.4 is 10.2 Å². The van der Waals surface area contributed by atoms with Crippen molar-refractivity contribution in [1.82, 2.24) is 14.5 Å². The number of aliphatic hydroxyl groups is 1. The van der Waals surface area contributed by atoms with Gasteiger partial charge in [0.1, 0.15) is 30.9 Å². The van der Waals surface area contributed by atoms with Crippen molar-refractivity contribution in [2.45, 2.75) is 20.4 Å². The molecule has 2 aromatic rings. The molecule has 0 saturated carbocycles. The Morgan fingerprint density at radius 2 is 2.09 bits per heavy atom. The molecule has 0 aromatic carbocycles. The summed E-state index contributed by atoms with van der Waals surface area (Å²) in [6, 6.07) is 0. The molecule has 1 fully saturated rings. The molecule has 23 heavy (non-hydrogen) atoms. The lowest BCUT2D eigenvalue weighted by atomic mass is 10.2. The Labute approximate surface area is 136 Å². The predicted molar refractivity (Wildman–Crippen MR) is 89.0 cm³/mol. The molecular weight excluding hydrogens is 294 g/mol. The maximum absolute atomic E-state index is 9.27. The maximum Gasteiger partial charge on any atom is 0.146 e. The Hall–Kier alpha value is -1.70. The minimum absolute atomic E-state index is 0.108. The van der Waals surface area contributed by atoms with Gasteiger partial charge in [0.15, 0.2) is 0 Å². The Morgan fingerprint density at radius 3 is 2.83 bits per heavy atom. The van der Waals surface area contributed by atoms with Crippen LogP contribution in [0.1, 0.15) is 11.3 Å².